The molecule has 1 aliphatic rings. The van der Waals surface area contributed by atoms with E-state index in [2.05, 4.69) is 11.1 Å². The molecule has 0 unspecified atom stereocenters. The maximum Gasteiger partial charge on any atom is 0.0371 e. The van der Waals surface area contributed by atoms with Crippen molar-refractivity contribution in [2.75, 3.05) is 5.88 Å². The highest BCUT2D eigenvalue weighted by atomic mass is 35.5. The third-order valence-corrected chi connectivity index (χ3v) is 1.47. The van der Waals surface area contributed by atoms with Crippen LogP contribution in [0, 0.1) is 0 Å². The summed E-state index contributed by atoms with van der Waals surface area (Å²) < 4.78 is 0. The zero-order valence-electron chi connectivity index (χ0n) is 5.31. The lowest BCUT2D eigenvalue weighted by molar-refractivity contribution is 0.979. The lowest BCUT2D eigenvalue weighted by atomic mass is 10.2. The largest absolute Gasteiger partial charge is 0.266 e. The van der Waals surface area contributed by atoms with E-state index in [0.29, 0.717) is 5.88 Å². The number of nitrogens with zero attached hydrogens (tertiary/aromatic N) is 1. The van der Waals surface area contributed by atoms with Crippen molar-refractivity contribution in [1.82, 2.24) is 0 Å². The van der Waals surface area contributed by atoms with Gasteiger partial charge in [0.15, 0.2) is 0 Å². The third-order valence-electron chi connectivity index (χ3n) is 1.28. The fourth-order valence-electron chi connectivity index (χ4n) is 0.822. The second kappa shape index (κ2) is 3.67. The van der Waals surface area contributed by atoms with Gasteiger partial charge in [-0.3, -0.25) is 4.99 Å². The molecule has 50 valence electrons. The molecule has 0 aromatic carbocycles. The van der Waals surface area contributed by atoms with Gasteiger partial charge in [-0.15, -0.1) is 11.6 Å². The van der Waals surface area contributed by atoms with Crippen LogP contribution in [-0.4, -0.2) is 12.1 Å². The zero-order valence-corrected chi connectivity index (χ0v) is 6.06. The van der Waals surface area contributed by atoms with E-state index >= 15 is 0 Å². The van der Waals surface area contributed by atoms with Gasteiger partial charge in [0, 0.05) is 24.2 Å². The Balaban J connectivity index is 2.38. The maximum atomic E-state index is 5.52. The molecule has 0 atom stereocenters. The SMILES string of the molecule is ClCCC1=CCCC=N1. The number of hydrogen-bond donors (Lipinski definition) is 0. The quantitative estimate of drug-likeness (QED) is 0.527. The Morgan fingerprint density at radius 3 is 3.00 bits per heavy atom. The molecule has 2 heteroatoms. The van der Waals surface area contributed by atoms with Gasteiger partial charge >= 0.3 is 0 Å². The van der Waals surface area contributed by atoms with Crippen molar-refractivity contribution in [1.29, 1.82) is 0 Å². The first-order chi connectivity index (χ1) is 4.43. The zero-order chi connectivity index (χ0) is 6.53. The standard InChI is InChI=1S/C7H10ClN/c8-5-4-7-3-1-2-6-9-7/h3,6H,1-2,4-5H2. The van der Waals surface area contributed by atoms with Crippen molar-refractivity contribution in [3.05, 3.63) is 11.8 Å². The molecule has 0 aromatic heterocycles. The van der Waals surface area contributed by atoms with Crippen LogP contribution in [0.1, 0.15) is 19.3 Å². The Morgan fingerprint density at radius 2 is 2.44 bits per heavy atom. The summed E-state index contributed by atoms with van der Waals surface area (Å²) in [4.78, 5) is 4.17. The van der Waals surface area contributed by atoms with Crippen LogP contribution >= 0.6 is 11.6 Å². The fourth-order valence-corrected chi connectivity index (χ4v) is 1.02. The molecule has 0 bridgehead atoms. The highest BCUT2D eigenvalue weighted by molar-refractivity contribution is 6.18. The lowest BCUT2D eigenvalue weighted by Gasteiger charge is -2.01. The van der Waals surface area contributed by atoms with Crippen LogP contribution in [0.15, 0.2) is 16.8 Å². The minimum absolute atomic E-state index is 0.684. The van der Waals surface area contributed by atoms with Crippen molar-refractivity contribution >= 4 is 17.8 Å². The lowest BCUT2D eigenvalue weighted by Crippen LogP contribution is -1.88. The first-order valence-electron chi connectivity index (χ1n) is 3.21. The van der Waals surface area contributed by atoms with Gasteiger partial charge in [-0.05, 0) is 12.8 Å². The summed E-state index contributed by atoms with van der Waals surface area (Å²) in [6.45, 7) is 0. The molecular formula is C7H10ClN. The molecule has 1 nitrogen and oxygen atoms in total. The van der Waals surface area contributed by atoms with Gasteiger partial charge in [0.1, 0.15) is 0 Å². The van der Waals surface area contributed by atoms with Crippen LogP contribution in [0.25, 0.3) is 0 Å². The summed E-state index contributed by atoms with van der Waals surface area (Å²) in [5.41, 5.74) is 1.15. The van der Waals surface area contributed by atoms with Crippen LogP contribution < -0.4 is 0 Å². The molecule has 1 rings (SSSR count). The van der Waals surface area contributed by atoms with Crippen LogP contribution in [0.2, 0.25) is 0 Å². The van der Waals surface area contributed by atoms with Crippen LogP contribution in [-0.2, 0) is 0 Å². The van der Waals surface area contributed by atoms with Gasteiger partial charge in [-0.25, -0.2) is 0 Å². The molecule has 9 heavy (non-hydrogen) atoms. The minimum Gasteiger partial charge on any atom is -0.266 e. The minimum atomic E-state index is 0.684. The van der Waals surface area contributed by atoms with Crippen molar-refractivity contribution in [3.8, 4) is 0 Å². The Bertz CT molecular complexity index is 138. The summed E-state index contributed by atoms with van der Waals surface area (Å²) in [6, 6.07) is 0. The number of halogens is 1. The van der Waals surface area contributed by atoms with E-state index in [1.807, 2.05) is 6.21 Å². The van der Waals surface area contributed by atoms with E-state index < -0.39 is 0 Å². The molecule has 1 heterocycles. The number of aliphatic imine (C=N–C) groups is 1. The molecule has 1 aliphatic heterocycles. The van der Waals surface area contributed by atoms with E-state index in [-0.39, 0.29) is 0 Å². The molecular weight excluding hydrogens is 134 g/mol. The molecule has 0 aromatic rings. The highest BCUT2D eigenvalue weighted by Crippen LogP contribution is 2.10. The average Bonchev–Trinajstić information content (AvgIpc) is 1.91. The van der Waals surface area contributed by atoms with E-state index in [1.54, 1.807) is 0 Å². The molecule has 0 saturated heterocycles. The Morgan fingerprint density at radius 1 is 1.56 bits per heavy atom. The summed E-state index contributed by atoms with van der Waals surface area (Å²) in [5, 5.41) is 0. The first kappa shape index (κ1) is 6.81. The third kappa shape index (κ3) is 2.19. The smallest absolute Gasteiger partial charge is 0.0371 e. The van der Waals surface area contributed by atoms with E-state index in [0.717, 1.165) is 25.0 Å². The van der Waals surface area contributed by atoms with Gasteiger partial charge in [0.2, 0.25) is 0 Å². The summed E-state index contributed by atoms with van der Waals surface area (Å²) in [7, 11) is 0. The summed E-state index contributed by atoms with van der Waals surface area (Å²) >= 11 is 5.52. The number of hydrogen-bond acceptors (Lipinski definition) is 1. The van der Waals surface area contributed by atoms with Gasteiger partial charge in [-0.2, -0.15) is 0 Å². The van der Waals surface area contributed by atoms with Gasteiger partial charge in [0.05, 0.1) is 0 Å². The fraction of sp³-hybridized carbons (Fsp3) is 0.571. The molecule has 0 radical (unpaired) electrons. The van der Waals surface area contributed by atoms with E-state index in [1.165, 1.54) is 0 Å². The predicted octanol–water partition coefficient (Wildman–Crippen LogP) is 2.36. The Hall–Kier alpha value is -0.300. The Labute approximate surface area is 60.4 Å². The molecule has 0 fully saturated rings. The molecule has 0 N–H and O–H groups in total. The van der Waals surface area contributed by atoms with E-state index in [4.69, 9.17) is 11.6 Å². The molecule has 0 saturated carbocycles. The van der Waals surface area contributed by atoms with Crippen molar-refractivity contribution < 1.29 is 0 Å². The normalized spacial score (nSPS) is 17.7. The van der Waals surface area contributed by atoms with Gasteiger partial charge < -0.3 is 0 Å². The van der Waals surface area contributed by atoms with Gasteiger partial charge in [-0.1, -0.05) is 6.08 Å². The van der Waals surface area contributed by atoms with Crippen molar-refractivity contribution in [2.45, 2.75) is 19.3 Å². The number of alkyl halides is 1. The number of allylic oxidation sites excluding steroid dienone is 2. The monoisotopic (exact) mass is 143 g/mol. The first-order valence-corrected chi connectivity index (χ1v) is 3.74. The molecule has 0 amide bonds. The molecule has 0 spiro atoms. The topological polar surface area (TPSA) is 12.4 Å². The van der Waals surface area contributed by atoms with Crippen molar-refractivity contribution in [3.63, 3.8) is 0 Å². The summed E-state index contributed by atoms with van der Waals surface area (Å²) in [5.74, 6) is 0.684. The second-order valence-corrected chi connectivity index (χ2v) is 2.40. The van der Waals surface area contributed by atoms with Gasteiger partial charge in [0.25, 0.3) is 0 Å². The predicted molar refractivity (Wildman–Crippen MR) is 41.1 cm³/mol. The molecule has 0 aliphatic carbocycles. The average molecular weight is 144 g/mol. The van der Waals surface area contributed by atoms with Crippen LogP contribution in [0.4, 0.5) is 0 Å². The number of rotatable bonds is 2. The van der Waals surface area contributed by atoms with Crippen LogP contribution in [0.3, 0.4) is 0 Å². The maximum absolute atomic E-state index is 5.52. The Kier molecular flexibility index (Phi) is 2.78. The van der Waals surface area contributed by atoms with Crippen LogP contribution in [0.5, 0.6) is 0 Å². The van der Waals surface area contributed by atoms with Crippen molar-refractivity contribution in [2.24, 2.45) is 4.99 Å². The summed E-state index contributed by atoms with van der Waals surface area (Å²) in [6.07, 6.45) is 7.25. The second-order valence-electron chi connectivity index (χ2n) is 2.02. The highest BCUT2D eigenvalue weighted by Gasteiger charge is 1.95. The van der Waals surface area contributed by atoms with E-state index in [9.17, 15) is 0 Å².